The zero-order chi connectivity index (χ0) is 3.41. The molecule has 0 aromatic heterocycles. The normalized spacial score (nSPS) is 6.00. The molecule has 0 bridgehead atoms. The van der Waals surface area contributed by atoms with E-state index in [1.54, 1.807) is 0 Å². The van der Waals surface area contributed by atoms with Gasteiger partial charge in [-0.15, -0.1) is 11.6 Å². The minimum atomic E-state index is 0. The van der Waals surface area contributed by atoms with Crippen molar-refractivity contribution in [3.8, 4) is 0 Å². The fourth-order valence-corrected chi connectivity index (χ4v) is 0. The van der Waals surface area contributed by atoms with Gasteiger partial charge in [-0.05, 0) is 0 Å². The van der Waals surface area contributed by atoms with Crippen LogP contribution in [0.2, 0.25) is 0 Å². The Morgan fingerprint density at radius 1 is 1.60 bits per heavy atom. The largest absolute Gasteiger partial charge is 0.395 e. The molecule has 1 N–H and O–H groups in total. The summed E-state index contributed by atoms with van der Waals surface area (Å²) in [6, 6.07) is 0. The summed E-state index contributed by atoms with van der Waals surface area (Å²) >= 11 is 4.94. The molecule has 0 atom stereocenters. The van der Waals surface area contributed by atoms with Gasteiger partial charge in [0.2, 0.25) is 0 Å². The van der Waals surface area contributed by atoms with Crippen molar-refractivity contribution in [1.82, 2.24) is 0 Å². The predicted octanol–water partition coefficient (Wildman–Crippen LogP) is 0.215. The maximum Gasteiger partial charge on any atom is 0.0566 e. The summed E-state index contributed by atoms with van der Waals surface area (Å²) in [6.07, 6.45) is 0. The second-order valence-corrected chi connectivity index (χ2v) is 0.791. The van der Waals surface area contributed by atoms with Crippen molar-refractivity contribution in [2.75, 3.05) is 12.5 Å². The maximum atomic E-state index is 7.74. The Balaban J connectivity index is 0. The van der Waals surface area contributed by atoms with Gasteiger partial charge in [-0.2, -0.15) is 0 Å². The van der Waals surface area contributed by atoms with Gasteiger partial charge in [-0.25, -0.2) is 0 Å². The standard InChI is InChI=1S/C2H5ClO.W/c3-1-2-4;/h4H,1-2H2;. The molecule has 0 aliphatic heterocycles. The van der Waals surface area contributed by atoms with Crippen LogP contribution in [0.25, 0.3) is 0 Å². The van der Waals surface area contributed by atoms with Gasteiger partial charge in [0.05, 0.1) is 6.61 Å². The zero-order valence-electron chi connectivity index (χ0n) is 2.65. The van der Waals surface area contributed by atoms with E-state index in [1.165, 1.54) is 0 Å². The van der Waals surface area contributed by atoms with Crippen LogP contribution in [-0.2, 0) is 21.1 Å². The summed E-state index contributed by atoms with van der Waals surface area (Å²) in [7, 11) is 0. The molecular weight excluding hydrogens is 259 g/mol. The van der Waals surface area contributed by atoms with Crippen molar-refractivity contribution >= 4 is 11.6 Å². The smallest absolute Gasteiger partial charge is 0.0566 e. The fraction of sp³-hybridized carbons (Fsp3) is 1.00. The molecule has 0 amide bonds. The molecule has 0 saturated carbocycles. The molecule has 5 heavy (non-hydrogen) atoms. The van der Waals surface area contributed by atoms with Crippen LogP contribution in [0.15, 0.2) is 0 Å². The van der Waals surface area contributed by atoms with Gasteiger partial charge in [-0.1, -0.05) is 0 Å². The van der Waals surface area contributed by atoms with E-state index >= 15 is 0 Å². The number of rotatable bonds is 1. The number of halogens is 1. The summed E-state index contributed by atoms with van der Waals surface area (Å²) in [5.41, 5.74) is 0. The molecule has 0 fully saturated rings. The third kappa shape index (κ3) is 11.3. The third-order valence-electron chi connectivity index (χ3n) is 0.0845. The Labute approximate surface area is 50.6 Å². The first-order chi connectivity index (χ1) is 1.91. The van der Waals surface area contributed by atoms with Gasteiger partial charge in [0.15, 0.2) is 0 Å². The second kappa shape index (κ2) is 8.87. The molecule has 0 spiro atoms. The molecule has 0 unspecified atom stereocenters. The van der Waals surface area contributed by atoms with E-state index in [1.807, 2.05) is 0 Å². The average Bonchev–Trinajstić information content (AvgIpc) is 1.37. The van der Waals surface area contributed by atoms with Crippen LogP contribution in [0.5, 0.6) is 0 Å². The predicted molar refractivity (Wildman–Crippen MR) is 17.8 cm³/mol. The van der Waals surface area contributed by atoms with Crippen molar-refractivity contribution < 1.29 is 26.2 Å². The summed E-state index contributed by atoms with van der Waals surface area (Å²) < 4.78 is 0. The van der Waals surface area contributed by atoms with E-state index in [4.69, 9.17) is 16.7 Å². The maximum absolute atomic E-state index is 7.74. The van der Waals surface area contributed by atoms with Crippen LogP contribution in [-0.4, -0.2) is 17.6 Å². The average molecular weight is 264 g/mol. The fourth-order valence-electron chi connectivity index (χ4n) is 0. The van der Waals surface area contributed by atoms with Crippen LogP contribution in [0.4, 0.5) is 0 Å². The number of alkyl halides is 1. The SMILES string of the molecule is OCCCl.[W]. The summed E-state index contributed by atoms with van der Waals surface area (Å²) in [4.78, 5) is 0. The Kier molecular flexibility index (Phi) is 16.6. The van der Waals surface area contributed by atoms with Gasteiger partial charge in [0, 0.05) is 26.9 Å². The number of aliphatic hydroxyl groups is 1. The summed E-state index contributed by atoms with van der Waals surface area (Å²) in [5.74, 6) is 0.347. The molecule has 0 radical (unpaired) electrons. The minimum Gasteiger partial charge on any atom is -0.395 e. The van der Waals surface area contributed by atoms with Gasteiger partial charge >= 0.3 is 0 Å². The first kappa shape index (κ1) is 9.34. The summed E-state index contributed by atoms with van der Waals surface area (Å²) in [5, 5.41) is 7.74. The van der Waals surface area contributed by atoms with Gasteiger partial charge in [0.25, 0.3) is 0 Å². The first-order valence-corrected chi connectivity index (χ1v) is 1.62. The molecule has 32 valence electrons. The molecule has 0 aromatic rings. The van der Waals surface area contributed by atoms with Crippen LogP contribution in [0.1, 0.15) is 0 Å². The monoisotopic (exact) mass is 264 g/mol. The van der Waals surface area contributed by atoms with Crippen LogP contribution >= 0.6 is 11.6 Å². The van der Waals surface area contributed by atoms with Crippen molar-refractivity contribution in [1.29, 1.82) is 0 Å². The number of hydrogen-bond donors (Lipinski definition) is 1. The van der Waals surface area contributed by atoms with E-state index < -0.39 is 0 Å². The molecule has 0 rings (SSSR count). The zero-order valence-corrected chi connectivity index (χ0v) is 6.34. The van der Waals surface area contributed by atoms with Crippen LogP contribution < -0.4 is 0 Å². The third-order valence-corrected chi connectivity index (χ3v) is 0.254. The molecule has 1 nitrogen and oxygen atoms in total. The number of hydrogen-bond acceptors (Lipinski definition) is 1. The van der Waals surface area contributed by atoms with Crippen LogP contribution in [0, 0.1) is 0 Å². The number of aliphatic hydroxyl groups excluding tert-OH is 1. The first-order valence-electron chi connectivity index (χ1n) is 1.08. The quantitative estimate of drug-likeness (QED) is 0.672. The molecule has 0 aromatic carbocycles. The Morgan fingerprint density at radius 3 is 1.80 bits per heavy atom. The molecule has 0 aliphatic rings. The van der Waals surface area contributed by atoms with Gasteiger partial charge < -0.3 is 5.11 Å². The van der Waals surface area contributed by atoms with E-state index in [-0.39, 0.29) is 27.7 Å². The van der Waals surface area contributed by atoms with Crippen molar-refractivity contribution in [3.63, 3.8) is 0 Å². The van der Waals surface area contributed by atoms with E-state index in [0.29, 0.717) is 5.88 Å². The molecule has 3 heteroatoms. The Bertz CT molecular complexity index is 11.6. The molecule has 0 saturated heterocycles. The second-order valence-electron chi connectivity index (χ2n) is 0.413. The Hall–Kier alpha value is 0.938. The molecular formula is C2H5ClOW. The Morgan fingerprint density at radius 2 is 1.80 bits per heavy atom. The van der Waals surface area contributed by atoms with Crippen molar-refractivity contribution in [3.05, 3.63) is 0 Å². The topological polar surface area (TPSA) is 20.2 Å². The van der Waals surface area contributed by atoms with Crippen LogP contribution in [0.3, 0.4) is 0 Å². The molecule has 0 heterocycles. The van der Waals surface area contributed by atoms with E-state index in [0.717, 1.165) is 0 Å². The minimum absolute atomic E-state index is 0. The van der Waals surface area contributed by atoms with E-state index in [9.17, 15) is 0 Å². The molecule has 0 aliphatic carbocycles. The van der Waals surface area contributed by atoms with E-state index in [2.05, 4.69) is 0 Å². The van der Waals surface area contributed by atoms with Crippen molar-refractivity contribution in [2.24, 2.45) is 0 Å². The van der Waals surface area contributed by atoms with Crippen molar-refractivity contribution in [2.45, 2.75) is 0 Å². The van der Waals surface area contributed by atoms with Gasteiger partial charge in [0.1, 0.15) is 0 Å². The summed E-state index contributed by atoms with van der Waals surface area (Å²) in [6.45, 7) is 0.0849. The van der Waals surface area contributed by atoms with Gasteiger partial charge in [-0.3, -0.25) is 0 Å².